The summed E-state index contributed by atoms with van der Waals surface area (Å²) in [5.41, 5.74) is 0.346. The minimum absolute atomic E-state index is 0.0504. The maximum Gasteiger partial charge on any atom is 0.246 e. The molecule has 1 N–H and O–H groups in total. The number of ether oxygens (including phenoxy) is 1. The Kier molecular flexibility index (Phi) is 5.08. The highest BCUT2D eigenvalue weighted by Crippen LogP contribution is 2.30. The summed E-state index contributed by atoms with van der Waals surface area (Å²) in [7, 11) is -3.69. The van der Waals surface area contributed by atoms with E-state index in [0.29, 0.717) is 36.8 Å². The zero-order chi connectivity index (χ0) is 15.6. The van der Waals surface area contributed by atoms with Crippen LogP contribution in [0.25, 0.3) is 0 Å². The van der Waals surface area contributed by atoms with Crippen molar-refractivity contribution < 1.29 is 22.7 Å². The molecule has 1 saturated heterocycles. The smallest absolute Gasteiger partial charge is 0.246 e. The Labute approximate surface area is 125 Å². The van der Waals surface area contributed by atoms with E-state index in [1.807, 2.05) is 0 Å². The first-order valence-electron chi connectivity index (χ1n) is 7.23. The van der Waals surface area contributed by atoms with E-state index in [2.05, 4.69) is 0 Å². The number of hydrogen-bond donors (Lipinski definition) is 1. The standard InChI is InChI=1S/C14H23NO5S/c1-4-15(8-12-6-5-7-19-12)21(17,18)14-11(3)20-10(2)13(14)9-16/h12,16H,4-9H2,1-3H3. The second-order valence-electron chi connectivity index (χ2n) is 5.27. The Morgan fingerprint density at radius 3 is 2.57 bits per heavy atom. The van der Waals surface area contributed by atoms with Gasteiger partial charge in [0, 0.05) is 25.3 Å². The van der Waals surface area contributed by atoms with Gasteiger partial charge in [-0.3, -0.25) is 0 Å². The SMILES string of the molecule is CCN(CC1CCCO1)S(=O)(=O)c1c(C)oc(C)c1CO. The molecule has 6 nitrogen and oxygen atoms in total. The van der Waals surface area contributed by atoms with Gasteiger partial charge in [-0.25, -0.2) is 8.42 Å². The van der Waals surface area contributed by atoms with Gasteiger partial charge >= 0.3 is 0 Å². The summed E-state index contributed by atoms with van der Waals surface area (Å²) in [6.45, 7) is 6.10. The van der Waals surface area contributed by atoms with Crippen molar-refractivity contribution in [1.29, 1.82) is 0 Å². The Hall–Kier alpha value is -0.890. The average Bonchev–Trinajstić information content (AvgIpc) is 3.02. The Bertz CT molecular complexity index is 587. The number of sulfonamides is 1. The highest BCUT2D eigenvalue weighted by atomic mass is 32.2. The lowest BCUT2D eigenvalue weighted by molar-refractivity contribution is 0.0946. The van der Waals surface area contributed by atoms with Crippen LogP contribution in [-0.4, -0.2) is 43.6 Å². The van der Waals surface area contributed by atoms with Crippen LogP contribution in [0.5, 0.6) is 0 Å². The summed E-state index contributed by atoms with van der Waals surface area (Å²) in [5, 5.41) is 9.45. The molecule has 0 spiro atoms. The van der Waals surface area contributed by atoms with Crippen LogP contribution in [0.15, 0.2) is 9.31 Å². The topological polar surface area (TPSA) is 80.0 Å². The molecule has 1 aromatic heterocycles. The minimum atomic E-state index is -3.69. The van der Waals surface area contributed by atoms with Gasteiger partial charge in [0.25, 0.3) is 0 Å². The predicted octanol–water partition coefficient (Wildman–Crippen LogP) is 1.58. The first kappa shape index (κ1) is 16.5. The molecule has 1 fully saturated rings. The quantitative estimate of drug-likeness (QED) is 0.861. The predicted molar refractivity (Wildman–Crippen MR) is 77.5 cm³/mol. The van der Waals surface area contributed by atoms with Crippen molar-refractivity contribution in [2.45, 2.75) is 51.2 Å². The van der Waals surface area contributed by atoms with Gasteiger partial charge in [0.05, 0.1) is 12.7 Å². The Morgan fingerprint density at radius 2 is 2.05 bits per heavy atom. The van der Waals surface area contributed by atoms with Crippen molar-refractivity contribution >= 4 is 10.0 Å². The summed E-state index contributed by atoms with van der Waals surface area (Å²) in [6.07, 6.45) is 1.79. The van der Waals surface area contributed by atoms with E-state index in [1.165, 1.54) is 4.31 Å². The summed E-state index contributed by atoms with van der Waals surface area (Å²) in [4.78, 5) is 0.0994. The van der Waals surface area contributed by atoms with Crippen molar-refractivity contribution in [3.8, 4) is 0 Å². The van der Waals surface area contributed by atoms with Crippen molar-refractivity contribution in [3.05, 3.63) is 17.1 Å². The van der Waals surface area contributed by atoms with Crippen LogP contribution in [0.4, 0.5) is 0 Å². The second kappa shape index (κ2) is 6.48. The molecule has 1 aliphatic heterocycles. The lowest BCUT2D eigenvalue weighted by Gasteiger charge is -2.23. The molecule has 7 heteroatoms. The van der Waals surface area contributed by atoms with Gasteiger partial charge in [-0.2, -0.15) is 4.31 Å². The number of aliphatic hydroxyl groups is 1. The molecule has 1 unspecified atom stereocenters. The molecule has 2 rings (SSSR count). The summed E-state index contributed by atoms with van der Waals surface area (Å²) < 4.78 is 38.1. The lowest BCUT2D eigenvalue weighted by Crippen LogP contribution is -2.37. The largest absolute Gasteiger partial charge is 0.465 e. The Morgan fingerprint density at radius 1 is 1.33 bits per heavy atom. The normalized spacial score (nSPS) is 19.6. The van der Waals surface area contributed by atoms with E-state index < -0.39 is 10.0 Å². The van der Waals surface area contributed by atoms with E-state index in [9.17, 15) is 13.5 Å². The number of likely N-dealkylation sites (N-methyl/N-ethyl adjacent to an activating group) is 1. The van der Waals surface area contributed by atoms with Gasteiger partial charge in [0.1, 0.15) is 16.4 Å². The van der Waals surface area contributed by atoms with Gasteiger partial charge in [-0.15, -0.1) is 0 Å². The van der Waals surface area contributed by atoms with E-state index in [-0.39, 0.29) is 17.6 Å². The zero-order valence-electron chi connectivity index (χ0n) is 12.8. The van der Waals surface area contributed by atoms with Crippen LogP contribution in [0.3, 0.4) is 0 Å². The van der Waals surface area contributed by atoms with E-state index >= 15 is 0 Å². The molecule has 0 saturated carbocycles. The fraction of sp³-hybridized carbons (Fsp3) is 0.714. The number of aryl methyl sites for hydroxylation is 2. The first-order chi connectivity index (χ1) is 9.91. The molecule has 21 heavy (non-hydrogen) atoms. The maximum atomic E-state index is 12.9. The third-order valence-corrected chi connectivity index (χ3v) is 6.00. The molecular weight excluding hydrogens is 294 g/mol. The van der Waals surface area contributed by atoms with Crippen molar-refractivity contribution in [3.63, 3.8) is 0 Å². The third-order valence-electron chi connectivity index (χ3n) is 3.86. The van der Waals surface area contributed by atoms with Crippen molar-refractivity contribution in [2.75, 3.05) is 19.7 Å². The molecule has 0 aromatic carbocycles. The molecule has 0 amide bonds. The van der Waals surface area contributed by atoms with Gasteiger partial charge in [-0.1, -0.05) is 6.92 Å². The summed E-state index contributed by atoms with van der Waals surface area (Å²) in [5.74, 6) is 0.768. The van der Waals surface area contributed by atoms with Crippen LogP contribution in [0.2, 0.25) is 0 Å². The molecule has 1 atom stereocenters. The van der Waals surface area contributed by atoms with Crippen molar-refractivity contribution in [1.82, 2.24) is 4.31 Å². The second-order valence-corrected chi connectivity index (χ2v) is 7.15. The van der Waals surface area contributed by atoms with Crippen LogP contribution in [0, 0.1) is 13.8 Å². The first-order valence-corrected chi connectivity index (χ1v) is 8.67. The number of furan rings is 1. The number of nitrogens with zero attached hydrogens (tertiary/aromatic N) is 1. The molecule has 0 bridgehead atoms. The van der Waals surface area contributed by atoms with Crippen molar-refractivity contribution in [2.24, 2.45) is 0 Å². The monoisotopic (exact) mass is 317 g/mol. The lowest BCUT2D eigenvalue weighted by atomic mass is 10.2. The van der Waals surface area contributed by atoms with Crippen LogP contribution in [-0.2, 0) is 21.4 Å². The molecule has 120 valence electrons. The summed E-state index contributed by atoms with van der Waals surface area (Å²) >= 11 is 0. The molecule has 1 aliphatic rings. The zero-order valence-corrected chi connectivity index (χ0v) is 13.6. The third kappa shape index (κ3) is 3.15. The molecular formula is C14H23NO5S. The van der Waals surface area contributed by atoms with Crippen LogP contribution < -0.4 is 0 Å². The van der Waals surface area contributed by atoms with Gasteiger partial charge in [0.15, 0.2) is 0 Å². The number of rotatable bonds is 6. The fourth-order valence-electron chi connectivity index (χ4n) is 2.77. The van der Waals surface area contributed by atoms with Gasteiger partial charge in [-0.05, 0) is 26.7 Å². The molecule has 0 aliphatic carbocycles. The van der Waals surface area contributed by atoms with Crippen LogP contribution >= 0.6 is 0 Å². The minimum Gasteiger partial charge on any atom is -0.465 e. The highest BCUT2D eigenvalue weighted by molar-refractivity contribution is 7.89. The average molecular weight is 317 g/mol. The number of aliphatic hydroxyl groups excluding tert-OH is 1. The van der Waals surface area contributed by atoms with E-state index in [4.69, 9.17) is 9.15 Å². The van der Waals surface area contributed by atoms with Crippen LogP contribution in [0.1, 0.15) is 36.8 Å². The summed E-state index contributed by atoms with van der Waals surface area (Å²) in [6, 6.07) is 0. The van der Waals surface area contributed by atoms with E-state index in [1.54, 1.807) is 20.8 Å². The molecule has 1 aromatic rings. The van der Waals surface area contributed by atoms with Gasteiger partial charge < -0.3 is 14.3 Å². The Balaban J connectivity index is 2.34. The number of hydrogen-bond acceptors (Lipinski definition) is 5. The maximum absolute atomic E-state index is 12.9. The molecule has 2 heterocycles. The molecule has 0 radical (unpaired) electrons. The van der Waals surface area contributed by atoms with E-state index in [0.717, 1.165) is 12.8 Å². The fourth-order valence-corrected chi connectivity index (χ4v) is 4.66. The highest BCUT2D eigenvalue weighted by Gasteiger charge is 2.33. The van der Waals surface area contributed by atoms with Gasteiger partial charge in [0.2, 0.25) is 10.0 Å².